The standard InChI is InChI=1S/C12H7BBrO2/c14-8-2-4-10-9-3-1-7(13-15)5-11(9)16-12(10)6-8/h1-6,15H. The lowest BCUT2D eigenvalue weighted by atomic mass is 9.88. The van der Waals surface area contributed by atoms with Gasteiger partial charge in [-0.05, 0) is 29.7 Å². The molecule has 0 spiro atoms. The first-order valence-electron chi connectivity index (χ1n) is 4.87. The van der Waals surface area contributed by atoms with Gasteiger partial charge in [0, 0.05) is 15.2 Å². The predicted molar refractivity (Wildman–Crippen MR) is 69.0 cm³/mol. The van der Waals surface area contributed by atoms with Gasteiger partial charge in [-0.15, -0.1) is 0 Å². The lowest BCUT2D eigenvalue weighted by molar-refractivity contribution is 0.615. The summed E-state index contributed by atoms with van der Waals surface area (Å²) in [5.41, 5.74) is 2.38. The number of benzene rings is 2. The van der Waals surface area contributed by atoms with Crippen LogP contribution >= 0.6 is 15.9 Å². The summed E-state index contributed by atoms with van der Waals surface area (Å²) in [5, 5.41) is 11.1. The molecule has 0 aliphatic carbocycles. The van der Waals surface area contributed by atoms with Gasteiger partial charge in [-0.1, -0.05) is 28.1 Å². The molecule has 0 aliphatic rings. The highest BCUT2D eigenvalue weighted by Crippen LogP contribution is 2.29. The Morgan fingerprint density at radius 3 is 2.44 bits per heavy atom. The second-order valence-corrected chi connectivity index (χ2v) is 4.54. The summed E-state index contributed by atoms with van der Waals surface area (Å²) >= 11 is 3.41. The van der Waals surface area contributed by atoms with E-state index in [-0.39, 0.29) is 0 Å². The van der Waals surface area contributed by atoms with Gasteiger partial charge in [-0.2, -0.15) is 0 Å². The van der Waals surface area contributed by atoms with Crippen LogP contribution in [0, 0.1) is 0 Å². The first-order chi connectivity index (χ1) is 7.78. The van der Waals surface area contributed by atoms with Crippen LogP contribution in [0.2, 0.25) is 0 Å². The molecule has 1 heterocycles. The maximum absolute atomic E-state index is 8.94. The second-order valence-electron chi connectivity index (χ2n) is 3.63. The van der Waals surface area contributed by atoms with Crippen molar-refractivity contribution >= 4 is 50.8 Å². The van der Waals surface area contributed by atoms with E-state index in [1.807, 2.05) is 36.4 Å². The third-order valence-electron chi connectivity index (χ3n) is 2.61. The molecule has 1 N–H and O–H groups in total. The van der Waals surface area contributed by atoms with E-state index >= 15 is 0 Å². The van der Waals surface area contributed by atoms with Crippen molar-refractivity contribution < 1.29 is 9.44 Å². The minimum atomic E-state index is 0.741. The molecular weight excluding hydrogens is 267 g/mol. The summed E-state index contributed by atoms with van der Waals surface area (Å²) in [6.07, 6.45) is 0. The maximum Gasteiger partial charge on any atom is 0.326 e. The van der Waals surface area contributed by atoms with E-state index in [1.165, 1.54) is 0 Å². The van der Waals surface area contributed by atoms with E-state index in [0.29, 0.717) is 0 Å². The predicted octanol–water partition coefficient (Wildman–Crippen LogP) is 2.59. The van der Waals surface area contributed by atoms with Crippen molar-refractivity contribution in [1.82, 2.24) is 0 Å². The molecule has 0 bridgehead atoms. The Morgan fingerprint density at radius 1 is 1.00 bits per heavy atom. The fourth-order valence-corrected chi connectivity index (χ4v) is 2.19. The first-order valence-corrected chi connectivity index (χ1v) is 5.66. The van der Waals surface area contributed by atoms with Gasteiger partial charge >= 0.3 is 7.48 Å². The van der Waals surface area contributed by atoms with Crippen molar-refractivity contribution in [3.05, 3.63) is 40.9 Å². The van der Waals surface area contributed by atoms with Crippen molar-refractivity contribution in [2.75, 3.05) is 0 Å². The summed E-state index contributed by atoms with van der Waals surface area (Å²) in [6.45, 7) is 0. The minimum absolute atomic E-state index is 0.741. The molecule has 2 nitrogen and oxygen atoms in total. The zero-order valence-electron chi connectivity index (χ0n) is 8.27. The van der Waals surface area contributed by atoms with Crippen LogP contribution in [-0.4, -0.2) is 12.5 Å². The molecule has 0 atom stereocenters. The monoisotopic (exact) mass is 273 g/mol. The van der Waals surface area contributed by atoms with Gasteiger partial charge in [-0.25, -0.2) is 0 Å². The van der Waals surface area contributed by atoms with Crippen LogP contribution < -0.4 is 5.46 Å². The Kier molecular flexibility index (Phi) is 2.26. The number of furan rings is 1. The quantitative estimate of drug-likeness (QED) is 0.692. The van der Waals surface area contributed by atoms with Crippen molar-refractivity contribution in [2.45, 2.75) is 0 Å². The van der Waals surface area contributed by atoms with Crippen LogP contribution in [0.4, 0.5) is 0 Å². The van der Waals surface area contributed by atoms with E-state index in [1.54, 1.807) is 0 Å². The molecule has 3 aromatic rings. The lowest BCUT2D eigenvalue weighted by Gasteiger charge is -1.92. The van der Waals surface area contributed by atoms with Gasteiger partial charge in [0.2, 0.25) is 0 Å². The zero-order valence-corrected chi connectivity index (χ0v) is 9.86. The van der Waals surface area contributed by atoms with Crippen molar-refractivity contribution in [2.24, 2.45) is 0 Å². The number of hydrogen-bond donors (Lipinski definition) is 1. The van der Waals surface area contributed by atoms with Crippen LogP contribution in [0.5, 0.6) is 0 Å². The summed E-state index contributed by atoms with van der Waals surface area (Å²) in [6, 6.07) is 11.6. The third-order valence-corrected chi connectivity index (χ3v) is 3.10. The Hall–Kier alpha value is -1.26. The fourth-order valence-electron chi connectivity index (χ4n) is 1.85. The maximum atomic E-state index is 8.94. The van der Waals surface area contributed by atoms with Crippen LogP contribution in [0.3, 0.4) is 0 Å². The molecule has 4 heteroatoms. The van der Waals surface area contributed by atoms with E-state index < -0.39 is 0 Å². The third kappa shape index (κ3) is 1.46. The van der Waals surface area contributed by atoms with Gasteiger partial charge in [0.05, 0.1) is 0 Å². The minimum Gasteiger partial charge on any atom is -0.456 e. The number of rotatable bonds is 1. The van der Waals surface area contributed by atoms with Crippen LogP contribution in [0.25, 0.3) is 21.9 Å². The Morgan fingerprint density at radius 2 is 1.69 bits per heavy atom. The highest BCUT2D eigenvalue weighted by atomic mass is 79.9. The SMILES string of the molecule is O[B]c1ccc2c(c1)oc1cc(Br)ccc12. The molecule has 0 saturated heterocycles. The van der Waals surface area contributed by atoms with Gasteiger partial charge in [0.15, 0.2) is 0 Å². The molecule has 0 fully saturated rings. The van der Waals surface area contributed by atoms with E-state index in [0.717, 1.165) is 39.4 Å². The van der Waals surface area contributed by atoms with Crippen LogP contribution in [-0.2, 0) is 0 Å². The highest BCUT2D eigenvalue weighted by Gasteiger charge is 2.07. The largest absolute Gasteiger partial charge is 0.456 e. The molecule has 0 amide bonds. The Labute approximate surface area is 101 Å². The molecule has 77 valence electrons. The number of halogens is 1. The first kappa shape index (κ1) is 9.93. The van der Waals surface area contributed by atoms with Gasteiger partial charge in [0.1, 0.15) is 11.2 Å². The molecule has 0 saturated carbocycles. The zero-order chi connectivity index (χ0) is 11.1. The molecule has 1 radical (unpaired) electrons. The lowest BCUT2D eigenvalue weighted by Crippen LogP contribution is -2.11. The molecular formula is C12H7BBrO2. The second kappa shape index (κ2) is 3.65. The molecule has 3 rings (SSSR count). The molecule has 2 aromatic carbocycles. The summed E-state index contributed by atoms with van der Waals surface area (Å²) in [7, 11) is 1.07. The highest BCUT2D eigenvalue weighted by molar-refractivity contribution is 9.10. The number of hydrogen-bond acceptors (Lipinski definition) is 2. The van der Waals surface area contributed by atoms with Gasteiger partial charge in [0.25, 0.3) is 0 Å². The van der Waals surface area contributed by atoms with Crippen LogP contribution in [0.1, 0.15) is 0 Å². The number of fused-ring (bicyclic) bond motifs is 3. The topological polar surface area (TPSA) is 33.4 Å². The molecule has 0 aliphatic heterocycles. The molecule has 0 unspecified atom stereocenters. The summed E-state index contributed by atoms with van der Waals surface area (Å²) in [4.78, 5) is 0. The van der Waals surface area contributed by atoms with Crippen molar-refractivity contribution in [3.8, 4) is 0 Å². The average Bonchev–Trinajstić information content (AvgIpc) is 2.64. The average molecular weight is 274 g/mol. The van der Waals surface area contributed by atoms with Crippen molar-refractivity contribution in [1.29, 1.82) is 0 Å². The summed E-state index contributed by atoms with van der Waals surface area (Å²) < 4.78 is 6.71. The summed E-state index contributed by atoms with van der Waals surface area (Å²) in [5.74, 6) is 0. The van der Waals surface area contributed by atoms with Gasteiger partial charge in [-0.3, -0.25) is 0 Å². The van der Waals surface area contributed by atoms with E-state index in [2.05, 4.69) is 15.9 Å². The van der Waals surface area contributed by atoms with Gasteiger partial charge < -0.3 is 9.44 Å². The fraction of sp³-hybridized carbons (Fsp3) is 0. The van der Waals surface area contributed by atoms with E-state index in [4.69, 9.17) is 9.44 Å². The van der Waals surface area contributed by atoms with Crippen molar-refractivity contribution in [3.63, 3.8) is 0 Å². The smallest absolute Gasteiger partial charge is 0.326 e. The van der Waals surface area contributed by atoms with Crippen LogP contribution in [0.15, 0.2) is 45.3 Å². The Balaban J connectivity index is 2.40. The molecule has 16 heavy (non-hydrogen) atoms. The molecule has 1 aromatic heterocycles. The normalized spacial score (nSPS) is 11.1. The Bertz CT molecular complexity index is 675. The van der Waals surface area contributed by atoms with E-state index in [9.17, 15) is 0 Å².